The first kappa shape index (κ1) is 25.5. The molecule has 1 fully saturated rings. The number of alkyl halides is 6. The fourth-order valence-corrected chi connectivity index (χ4v) is 6.14. The Morgan fingerprint density at radius 1 is 0.821 bits per heavy atom. The molecule has 202 valence electrons. The fraction of sp³-hybridized carbons (Fsp3) is 0.300. The number of amides is 1. The average Bonchev–Trinajstić information content (AvgIpc) is 3.36. The lowest BCUT2D eigenvalue weighted by Crippen LogP contribution is -2.43. The van der Waals surface area contributed by atoms with Gasteiger partial charge in [0.2, 0.25) is 0 Å². The molecule has 3 aromatic carbocycles. The molecule has 0 aromatic heterocycles. The lowest BCUT2D eigenvalue weighted by molar-refractivity contribution is -0.143. The highest BCUT2D eigenvalue weighted by atomic mass is 19.4. The lowest BCUT2D eigenvalue weighted by atomic mass is 9.92. The molecule has 0 radical (unpaired) electrons. The summed E-state index contributed by atoms with van der Waals surface area (Å²) < 4.78 is 86.1. The zero-order valence-electron chi connectivity index (χ0n) is 20.5. The Labute approximate surface area is 220 Å². The maximum Gasteiger partial charge on any atom is 0.416 e. The van der Waals surface area contributed by atoms with Crippen LogP contribution in [0.2, 0.25) is 0 Å². The largest absolute Gasteiger partial charge is 0.448 e. The third-order valence-electron chi connectivity index (χ3n) is 7.90. The molecular formula is C30H23F6NO2. The second kappa shape index (κ2) is 9.17. The Kier molecular flexibility index (Phi) is 6.00. The third kappa shape index (κ3) is 4.57. The molecule has 2 bridgehead atoms. The topological polar surface area (TPSA) is 29.5 Å². The van der Waals surface area contributed by atoms with E-state index in [0.29, 0.717) is 18.4 Å². The molecule has 2 unspecified atom stereocenters. The highest BCUT2D eigenvalue weighted by Gasteiger charge is 2.43. The summed E-state index contributed by atoms with van der Waals surface area (Å²) in [5.74, 6) is -0.124. The molecule has 2 atom stereocenters. The smallest absolute Gasteiger partial charge is 0.416 e. The first-order chi connectivity index (χ1) is 18.5. The van der Waals surface area contributed by atoms with Crippen LogP contribution in [0.15, 0.2) is 72.8 Å². The van der Waals surface area contributed by atoms with Gasteiger partial charge in [-0.25, -0.2) is 4.79 Å². The van der Waals surface area contributed by atoms with Gasteiger partial charge in [0.1, 0.15) is 6.61 Å². The van der Waals surface area contributed by atoms with Gasteiger partial charge in [-0.05, 0) is 70.9 Å². The summed E-state index contributed by atoms with van der Waals surface area (Å²) in [6, 6.07) is 16.7. The van der Waals surface area contributed by atoms with Gasteiger partial charge in [-0.3, -0.25) is 4.90 Å². The zero-order valence-corrected chi connectivity index (χ0v) is 20.5. The molecule has 1 aliphatic carbocycles. The van der Waals surface area contributed by atoms with E-state index < -0.39 is 35.6 Å². The minimum absolute atomic E-state index is 0.124. The van der Waals surface area contributed by atoms with Crippen LogP contribution in [-0.4, -0.2) is 29.7 Å². The van der Waals surface area contributed by atoms with Crippen molar-refractivity contribution in [1.82, 2.24) is 4.90 Å². The second-order valence-corrected chi connectivity index (χ2v) is 10.2. The van der Waals surface area contributed by atoms with Gasteiger partial charge in [-0.2, -0.15) is 26.3 Å². The first-order valence-electron chi connectivity index (χ1n) is 12.6. The van der Waals surface area contributed by atoms with E-state index in [-0.39, 0.29) is 36.6 Å². The van der Waals surface area contributed by atoms with Gasteiger partial charge in [0, 0.05) is 12.0 Å². The number of hydrogen-bond donors (Lipinski definition) is 0. The number of ether oxygens (including phenoxy) is 1. The molecule has 3 nitrogen and oxygen atoms in total. The van der Waals surface area contributed by atoms with Gasteiger partial charge in [0.25, 0.3) is 0 Å². The Hall–Kier alpha value is -3.75. The molecule has 0 N–H and O–H groups in total. The molecule has 2 heterocycles. The van der Waals surface area contributed by atoms with Crippen LogP contribution in [0.5, 0.6) is 0 Å². The summed E-state index contributed by atoms with van der Waals surface area (Å²) in [6.45, 7) is 0.127. The van der Waals surface area contributed by atoms with E-state index in [1.165, 1.54) is 0 Å². The van der Waals surface area contributed by atoms with E-state index in [2.05, 4.69) is 0 Å². The molecule has 9 heteroatoms. The molecule has 2 aliphatic heterocycles. The van der Waals surface area contributed by atoms with E-state index in [0.717, 1.165) is 34.4 Å². The molecule has 1 saturated heterocycles. The predicted octanol–water partition coefficient (Wildman–Crippen LogP) is 8.29. The van der Waals surface area contributed by atoms with E-state index >= 15 is 0 Å². The Morgan fingerprint density at radius 3 is 1.92 bits per heavy atom. The number of carbonyl (C=O) groups is 1. The quantitative estimate of drug-likeness (QED) is 0.311. The molecule has 0 spiro atoms. The van der Waals surface area contributed by atoms with Crippen molar-refractivity contribution in [3.8, 4) is 11.1 Å². The maximum atomic E-state index is 13.4. The minimum atomic E-state index is -4.92. The first-order valence-corrected chi connectivity index (χ1v) is 12.6. The summed E-state index contributed by atoms with van der Waals surface area (Å²) in [6.07, 6.45) is -7.46. The standard InChI is InChI=1S/C30H23F6NO2/c31-29(32,33)19-11-17(12-20(15-19)30(34,35)36)18-13-21-9-10-22(14-18)37(21)28(38)39-16-27-25-7-3-1-5-23(25)24-6-2-4-8-26(24)27/h1-8,11-13,15,21-22,27H,9-10,14,16H2. The molecular weight excluding hydrogens is 520 g/mol. The number of carbonyl (C=O) groups excluding carboxylic acids is 1. The van der Waals surface area contributed by atoms with Crippen molar-refractivity contribution in [3.63, 3.8) is 0 Å². The van der Waals surface area contributed by atoms with Crippen molar-refractivity contribution in [1.29, 1.82) is 0 Å². The highest BCUT2D eigenvalue weighted by Crippen LogP contribution is 2.46. The van der Waals surface area contributed by atoms with Crippen LogP contribution in [0, 0.1) is 0 Å². The summed E-state index contributed by atoms with van der Waals surface area (Å²) in [5, 5.41) is 0. The summed E-state index contributed by atoms with van der Waals surface area (Å²) in [4.78, 5) is 14.8. The maximum absolute atomic E-state index is 13.4. The van der Waals surface area contributed by atoms with Gasteiger partial charge >= 0.3 is 18.4 Å². The van der Waals surface area contributed by atoms with Crippen molar-refractivity contribution in [2.75, 3.05) is 6.61 Å². The van der Waals surface area contributed by atoms with Crippen LogP contribution in [0.1, 0.15) is 53.0 Å². The van der Waals surface area contributed by atoms with Crippen LogP contribution in [0.4, 0.5) is 31.1 Å². The predicted molar refractivity (Wildman–Crippen MR) is 133 cm³/mol. The van der Waals surface area contributed by atoms with Gasteiger partial charge in [0.05, 0.1) is 17.2 Å². The van der Waals surface area contributed by atoms with Gasteiger partial charge in [0.15, 0.2) is 0 Å². The Bertz CT molecular complexity index is 1400. The van der Waals surface area contributed by atoms with Crippen molar-refractivity contribution in [2.24, 2.45) is 0 Å². The molecule has 3 aliphatic rings. The van der Waals surface area contributed by atoms with Gasteiger partial charge in [-0.1, -0.05) is 54.6 Å². The van der Waals surface area contributed by atoms with Crippen LogP contribution < -0.4 is 0 Å². The average molecular weight is 544 g/mol. The molecule has 1 amide bonds. The van der Waals surface area contributed by atoms with Gasteiger partial charge in [-0.15, -0.1) is 0 Å². The Balaban J connectivity index is 1.23. The number of halogens is 6. The van der Waals surface area contributed by atoms with E-state index in [9.17, 15) is 31.1 Å². The lowest BCUT2D eigenvalue weighted by Gasteiger charge is -2.34. The van der Waals surface area contributed by atoms with Crippen LogP contribution >= 0.6 is 0 Å². The number of rotatable bonds is 3. The SMILES string of the molecule is O=C(OCC1c2ccccc2-c2ccccc21)N1C2C=C(c3cc(C(F)(F)F)cc(C(F)(F)F)c3)CC1CC2. The monoisotopic (exact) mass is 543 g/mol. The molecule has 3 aromatic rings. The van der Waals surface area contributed by atoms with Crippen molar-refractivity contribution in [3.05, 3.63) is 101 Å². The van der Waals surface area contributed by atoms with Crippen LogP contribution in [0.25, 0.3) is 16.7 Å². The second-order valence-electron chi connectivity index (χ2n) is 10.2. The minimum Gasteiger partial charge on any atom is -0.448 e. The van der Waals surface area contributed by atoms with E-state index in [1.807, 2.05) is 48.5 Å². The fourth-order valence-electron chi connectivity index (χ4n) is 6.14. The van der Waals surface area contributed by atoms with Crippen molar-refractivity contribution < 1.29 is 35.9 Å². The summed E-state index contributed by atoms with van der Waals surface area (Å²) in [5.41, 5.74) is 1.89. The number of hydrogen-bond acceptors (Lipinski definition) is 2. The van der Waals surface area contributed by atoms with Crippen molar-refractivity contribution in [2.45, 2.75) is 49.6 Å². The highest BCUT2D eigenvalue weighted by molar-refractivity contribution is 5.79. The van der Waals surface area contributed by atoms with Crippen LogP contribution in [-0.2, 0) is 17.1 Å². The summed E-state index contributed by atoms with van der Waals surface area (Å²) >= 11 is 0. The van der Waals surface area contributed by atoms with Crippen LogP contribution in [0.3, 0.4) is 0 Å². The Morgan fingerprint density at radius 2 is 1.38 bits per heavy atom. The zero-order chi connectivity index (χ0) is 27.5. The molecule has 0 saturated carbocycles. The third-order valence-corrected chi connectivity index (χ3v) is 7.90. The van der Waals surface area contributed by atoms with E-state index in [1.54, 1.807) is 11.0 Å². The summed E-state index contributed by atoms with van der Waals surface area (Å²) in [7, 11) is 0. The van der Waals surface area contributed by atoms with Crippen molar-refractivity contribution >= 4 is 11.7 Å². The number of nitrogens with zero attached hydrogens (tertiary/aromatic N) is 1. The van der Waals surface area contributed by atoms with E-state index in [4.69, 9.17) is 4.74 Å². The molecule has 39 heavy (non-hydrogen) atoms. The normalized spacial score (nSPS) is 20.5. The molecule has 6 rings (SSSR count). The van der Waals surface area contributed by atoms with Gasteiger partial charge < -0.3 is 4.74 Å². The number of fused-ring (bicyclic) bond motifs is 5. The number of benzene rings is 3.